The van der Waals surface area contributed by atoms with Gasteiger partial charge in [-0.1, -0.05) is 70.3 Å². The molecule has 0 aromatic heterocycles. The van der Waals surface area contributed by atoms with E-state index >= 15 is 0 Å². The van der Waals surface area contributed by atoms with E-state index in [1.54, 1.807) is 44.2 Å². The van der Waals surface area contributed by atoms with Gasteiger partial charge < -0.3 is 10.2 Å². The van der Waals surface area contributed by atoms with Gasteiger partial charge in [-0.15, -0.1) is 0 Å². The molecule has 3 rings (SSSR count). The molecule has 0 unspecified atom stereocenters. The third kappa shape index (κ3) is 7.62. The highest BCUT2D eigenvalue weighted by Gasteiger charge is 2.33. The number of nitrogens with zero attached hydrogens (tertiary/aromatic N) is 2. The zero-order valence-electron chi connectivity index (χ0n) is 22.4. The van der Waals surface area contributed by atoms with E-state index in [0.29, 0.717) is 22.8 Å². The Hall–Kier alpha value is -2.88. The van der Waals surface area contributed by atoms with E-state index in [-0.39, 0.29) is 17.3 Å². The molecule has 1 N–H and O–H groups in total. The van der Waals surface area contributed by atoms with Crippen LogP contribution in [0, 0.1) is 13.8 Å². The quantitative estimate of drug-likeness (QED) is 0.286. The van der Waals surface area contributed by atoms with Gasteiger partial charge in [0.2, 0.25) is 11.8 Å². The monoisotopic (exact) mass is 633 g/mol. The van der Waals surface area contributed by atoms with E-state index in [9.17, 15) is 18.0 Å². The van der Waals surface area contributed by atoms with E-state index in [1.165, 1.54) is 17.0 Å². The highest BCUT2D eigenvalue weighted by molar-refractivity contribution is 9.10. The predicted molar refractivity (Wildman–Crippen MR) is 159 cm³/mol. The summed E-state index contributed by atoms with van der Waals surface area (Å²) in [4.78, 5) is 28.3. The fourth-order valence-corrected chi connectivity index (χ4v) is 5.89. The van der Waals surface area contributed by atoms with Crippen molar-refractivity contribution in [2.45, 2.75) is 51.6 Å². The fraction of sp³-hybridized carbons (Fsp3) is 0.310. The standard InChI is InChI=1S/C29H33BrClN3O4S/c1-5-17-32-29(36)22(4)33(18-23-11-13-24(30)14-12-23)28(35)19-34(27-8-6-7-26(31)21(27)3)39(37,38)25-15-9-20(2)10-16-25/h6-16,22H,5,17-19H2,1-4H3,(H,32,36)/t22-/m1/s1. The molecule has 10 heteroatoms. The summed E-state index contributed by atoms with van der Waals surface area (Å²) in [6, 6.07) is 17.9. The average molecular weight is 635 g/mol. The maximum absolute atomic E-state index is 13.9. The summed E-state index contributed by atoms with van der Waals surface area (Å²) in [6.45, 7) is 7.24. The molecule has 0 aliphatic carbocycles. The van der Waals surface area contributed by atoms with Gasteiger partial charge in [-0.05, 0) is 74.7 Å². The van der Waals surface area contributed by atoms with Crippen molar-refractivity contribution < 1.29 is 18.0 Å². The summed E-state index contributed by atoms with van der Waals surface area (Å²) in [5.41, 5.74) is 2.52. The van der Waals surface area contributed by atoms with Crippen molar-refractivity contribution in [1.82, 2.24) is 10.2 Å². The molecule has 0 aliphatic rings. The summed E-state index contributed by atoms with van der Waals surface area (Å²) < 4.78 is 29.8. The number of amides is 2. The topological polar surface area (TPSA) is 86.8 Å². The predicted octanol–water partition coefficient (Wildman–Crippen LogP) is 5.86. The van der Waals surface area contributed by atoms with Gasteiger partial charge in [-0.25, -0.2) is 8.42 Å². The van der Waals surface area contributed by atoms with Crippen LogP contribution in [-0.4, -0.2) is 44.3 Å². The first-order valence-corrected chi connectivity index (χ1v) is 15.2. The molecule has 0 saturated carbocycles. The van der Waals surface area contributed by atoms with Crippen LogP contribution in [0.15, 0.2) is 76.1 Å². The molecule has 7 nitrogen and oxygen atoms in total. The Morgan fingerprint density at radius 3 is 2.26 bits per heavy atom. The second-order valence-electron chi connectivity index (χ2n) is 9.32. The van der Waals surface area contributed by atoms with Crippen LogP contribution in [0.25, 0.3) is 0 Å². The van der Waals surface area contributed by atoms with Crippen LogP contribution >= 0.6 is 27.5 Å². The molecule has 0 fully saturated rings. The minimum Gasteiger partial charge on any atom is -0.354 e. The minimum absolute atomic E-state index is 0.0495. The lowest BCUT2D eigenvalue weighted by Crippen LogP contribution is -2.51. The number of rotatable bonds is 11. The Bertz CT molecular complexity index is 1410. The van der Waals surface area contributed by atoms with Crippen molar-refractivity contribution >= 4 is 55.1 Å². The molecule has 3 aromatic rings. The minimum atomic E-state index is -4.16. The smallest absolute Gasteiger partial charge is 0.264 e. The maximum atomic E-state index is 13.9. The second kappa shape index (κ2) is 13.5. The Morgan fingerprint density at radius 2 is 1.64 bits per heavy atom. The molecule has 0 spiro atoms. The van der Waals surface area contributed by atoms with Crippen molar-refractivity contribution in [2.24, 2.45) is 0 Å². The number of hydrogen-bond acceptors (Lipinski definition) is 4. The Labute approximate surface area is 244 Å². The highest BCUT2D eigenvalue weighted by atomic mass is 79.9. The van der Waals surface area contributed by atoms with Crippen molar-refractivity contribution in [3.8, 4) is 0 Å². The summed E-state index contributed by atoms with van der Waals surface area (Å²) in [5.74, 6) is -0.832. The summed E-state index contributed by atoms with van der Waals surface area (Å²) in [5, 5.41) is 3.21. The van der Waals surface area contributed by atoms with Crippen molar-refractivity contribution in [1.29, 1.82) is 0 Å². The number of hydrogen-bond donors (Lipinski definition) is 1. The van der Waals surface area contributed by atoms with Crippen molar-refractivity contribution in [3.63, 3.8) is 0 Å². The van der Waals surface area contributed by atoms with Gasteiger partial charge in [-0.3, -0.25) is 13.9 Å². The van der Waals surface area contributed by atoms with E-state index in [0.717, 1.165) is 26.3 Å². The molecule has 0 heterocycles. The molecular formula is C29H33BrClN3O4S. The lowest BCUT2D eigenvalue weighted by atomic mass is 10.1. The van der Waals surface area contributed by atoms with Crippen LogP contribution < -0.4 is 9.62 Å². The number of halogens is 2. The number of aryl methyl sites for hydroxylation is 1. The van der Waals surface area contributed by atoms with Crippen LogP contribution in [0.1, 0.15) is 37.0 Å². The zero-order chi connectivity index (χ0) is 28.7. The third-order valence-corrected chi connectivity index (χ3v) is 9.09. The first-order valence-electron chi connectivity index (χ1n) is 12.6. The maximum Gasteiger partial charge on any atom is 0.264 e. The Balaban J connectivity index is 2.05. The Morgan fingerprint density at radius 1 is 1.00 bits per heavy atom. The number of carbonyl (C=O) groups is 2. The van der Waals surface area contributed by atoms with Crippen LogP contribution in [0.4, 0.5) is 5.69 Å². The summed E-state index contributed by atoms with van der Waals surface area (Å²) >= 11 is 9.77. The molecular weight excluding hydrogens is 602 g/mol. The van der Waals surface area contributed by atoms with E-state index < -0.39 is 28.5 Å². The van der Waals surface area contributed by atoms with E-state index in [2.05, 4.69) is 21.2 Å². The average Bonchev–Trinajstić information content (AvgIpc) is 2.91. The molecule has 0 radical (unpaired) electrons. The van der Waals surface area contributed by atoms with Gasteiger partial charge in [0, 0.05) is 22.6 Å². The van der Waals surface area contributed by atoms with Gasteiger partial charge in [0.15, 0.2) is 0 Å². The van der Waals surface area contributed by atoms with E-state index in [4.69, 9.17) is 11.6 Å². The zero-order valence-corrected chi connectivity index (χ0v) is 25.6. The normalized spacial score (nSPS) is 12.1. The van der Waals surface area contributed by atoms with Gasteiger partial charge >= 0.3 is 0 Å². The van der Waals surface area contributed by atoms with Crippen molar-refractivity contribution in [2.75, 3.05) is 17.4 Å². The first-order chi connectivity index (χ1) is 18.4. The van der Waals surface area contributed by atoms with Crippen molar-refractivity contribution in [3.05, 3.63) is 92.9 Å². The van der Waals surface area contributed by atoms with Gasteiger partial charge in [0.05, 0.1) is 10.6 Å². The third-order valence-electron chi connectivity index (χ3n) is 6.38. The fourth-order valence-electron chi connectivity index (χ4n) is 3.98. The molecule has 208 valence electrons. The van der Waals surface area contributed by atoms with Crippen LogP contribution in [-0.2, 0) is 26.2 Å². The van der Waals surface area contributed by atoms with Gasteiger partial charge in [-0.2, -0.15) is 0 Å². The second-order valence-corrected chi connectivity index (χ2v) is 12.5. The van der Waals surface area contributed by atoms with E-state index in [1.807, 2.05) is 38.1 Å². The van der Waals surface area contributed by atoms with Crippen LogP contribution in [0.2, 0.25) is 5.02 Å². The largest absolute Gasteiger partial charge is 0.354 e. The Kier molecular flexibility index (Phi) is 10.6. The number of sulfonamides is 1. The van der Waals surface area contributed by atoms with Crippen LogP contribution in [0.3, 0.4) is 0 Å². The molecule has 3 aromatic carbocycles. The number of nitrogens with one attached hydrogen (secondary N) is 1. The SMILES string of the molecule is CCCNC(=O)[C@@H](C)N(Cc1ccc(Br)cc1)C(=O)CN(c1cccc(Cl)c1C)S(=O)(=O)c1ccc(C)cc1. The highest BCUT2D eigenvalue weighted by Crippen LogP contribution is 2.31. The molecule has 0 aliphatic heterocycles. The molecule has 39 heavy (non-hydrogen) atoms. The number of anilines is 1. The van der Waals surface area contributed by atoms with Gasteiger partial charge in [0.25, 0.3) is 10.0 Å². The molecule has 1 atom stereocenters. The summed E-state index contributed by atoms with van der Waals surface area (Å²) in [7, 11) is -4.16. The lowest BCUT2D eigenvalue weighted by Gasteiger charge is -2.32. The van der Waals surface area contributed by atoms with Crippen LogP contribution in [0.5, 0.6) is 0 Å². The lowest BCUT2D eigenvalue weighted by molar-refractivity contribution is -0.139. The summed E-state index contributed by atoms with van der Waals surface area (Å²) in [6.07, 6.45) is 0.746. The number of carbonyl (C=O) groups excluding carboxylic acids is 2. The first kappa shape index (κ1) is 30.7. The molecule has 0 bridgehead atoms. The molecule has 0 saturated heterocycles. The number of benzene rings is 3. The van der Waals surface area contributed by atoms with Gasteiger partial charge in [0.1, 0.15) is 12.6 Å². The molecule has 2 amide bonds.